The molecule has 3 rings (SSSR count). The van der Waals surface area contributed by atoms with E-state index in [-0.39, 0.29) is 6.04 Å². The second-order valence-electron chi connectivity index (χ2n) is 5.81. The van der Waals surface area contributed by atoms with Gasteiger partial charge >= 0.3 is 0 Å². The van der Waals surface area contributed by atoms with E-state index in [1.165, 1.54) is 25.7 Å². The van der Waals surface area contributed by atoms with Crippen molar-refractivity contribution in [3.8, 4) is 5.75 Å². The van der Waals surface area contributed by atoms with E-state index in [0.29, 0.717) is 0 Å². The number of nitrogens with one attached hydrogen (secondary N) is 1. The van der Waals surface area contributed by atoms with E-state index in [4.69, 9.17) is 9.15 Å². The van der Waals surface area contributed by atoms with Gasteiger partial charge < -0.3 is 14.5 Å². The Morgan fingerprint density at radius 1 is 1.35 bits per heavy atom. The molecule has 1 unspecified atom stereocenters. The smallest absolute Gasteiger partial charge is 0.176 e. The highest BCUT2D eigenvalue weighted by Crippen LogP contribution is 2.31. The van der Waals surface area contributed by atoms with Gasteiger partial charge in [0.05, 0.1) is 13.2 Å². The fraction of sp³-hybridized carbons (Fsp3) is 0.529. The summed E-state index contributed by atoms with van der Waals surface area (Å²) >= 11 is 0. The van der Waals surface area contributed by atoms with Crippen molar-refractivity contribution in [1.82, 2.24) is 5.32 Å². The number of para-hydroxylation sites is 1. The van der Waals surface area contributed by atoms with Crippen LogP contribution in [0.3, 0.4) is 0 Å². The molecule has 1 atom stereocenters. The molecule has 1 aliphatic carbocycles. The van der Waals surface area contributed by atoms with Crippen LogP contribution >= 0.6 is 0 Å². The first-order chi connectivity index (χ1) is 9.78. The maximum atomic E-state index is 5.98. The molecule has 0 amide bonds. The Kier molecular flexibility index (Phi) is 3.97. The molecule has 0 aliphatic heterocycles. The van der Waals surface area contributed by atoms with Gasteiger partial charge in [-0.1, -0.05) is 25.0 Å². The molecule has 0 bridgehead atoms. The van der Waals surface area contributed by atoms with Crippen LogP contribution in [0.4, 0.5) is 0 Å². The van der Waals surface area contributed by atoms with Crippen LogP contribution in [-0.2, 0) is 0 Å². The maximum Gasteiger partial charge on any atom is 0.176 e. The van der Waals surface area contributed by atoms with Crippen LogP contribution in [0.2, 0.25) is 0 Å². The second kappa shape index (κ2) is 5.88. The van der Waals surface area contributed by atoms with E-state index in [0.717, 1.165) is 34.9 Å². The molecule has 2 aromatic rings. The van der Waals surface area contributed by atoms with Gasteiger partial charge in [0, 0.05) is 5.39 Å². The summed E-state index contributed by atoms with van der Waals surface area (Å²) in [5, 5.41) is 4.71. The molecule has 1 aromatic heterocycles. The number of fused-ring (bicyclic) bond motifs is 1. The van der Waals surface area contributed by atoms with Gasteiger partial charge in [-0.2, -0.15) is 0 Å². The average molecular weight is 273 g/mol. The summed E-state index contributed by atoms with van der Waals surface area (Å²) in [6.45, 7) is 3.26. The Morgan fingerprint density at radius 2 is 2.15 bits per heavy atom. The van der Waals surface area contributed by atoms with E-state index in [9.17, 15) is 0 Å². The van der Waals surface area contributed by atoms with Crippen LogP contribution < -0.4 is 10.1 Å². The fourth-order valence-corrected chi connectivity index (χ4v) is 3.09. The van der Waals surface area contributed by atoms with E-state index in [1.54, 1.807) is 7.11 Å². The van der Waals surface area contributed by atoms with Crippen molar-refractivity contribution < 1.29 is 9.15 Å². The molecule has 1 saturated carbocycles. The Bertz CT molecular complexity index is 569. The molecule has 1 N–H and O–H groups in total. The van der Waals surface area contributed by atoms with E-state index < -0.39 is 0 Å². The number of hydrogen-bond acceptors (Lipinski definition) is 3. The fourth-order valence-electron chi connectivity index (χ4n) is 3.09. The van der Waals surface area contributed by atoms with Crippen molar-refractivity contribution in [2.45, 2.75) is 38.6 Å². The molecule has 1 aliphatic rings. The van der Waals surface area contributed by atoms with Gasteiger partial charge in [-0.05, 0) is 44.4 Å². The third-order valence-corrected chi connectivity index (χ3v) is 4.36. The number of ether oxygens (including phenoxy) is 1. The SMILES string of the molecule is COc1cccc2cc(C(C)NCC3CCCC3)oc12. The predicted octanol–water partition coefficient (Wildman–Crippen LogP) is 4.28. The zero-order valence-electron chi connectivity index (χ0n) is 12.3. The lowest BCUT2D eigenvalue weighted by Gasteiger charge is -2.15. The third kappa shape index (κ3) is 2.68. The van der Waals surface area contributed by atoms with Crippen molar-refractivity contribution in [2.24, 2.45) is 5.92 Å². The van der Waals surface area contributed by atoms with E-state index in [1.807, 2.05) is 12.1 Å². The Labute approximate surface area is 120 Å². The Morgan fingerprint density at radius 3 is 2.90 bits per heavy atom. The summed E-state index contributed by atoms with van der Waals surface area (Å²) in [4.78, 5) is 0. The van der Waals surface area contributed by atoms with Gasteiger partial charge in [0.15, 0.2) is 11.3 Å². The molecule has 0 saturated heterocycles. The highest BCUT2D eigenvalue weighted by atomic mass is 16.5. The lowest BCUT2D eigenvalue weighted by Crippen LogP contribution is -2.24. The summed E-state index contributed by atoms with van der Waals surface area (Å²) in [7, 11) is 1.68. The Balaban J connectivity index is 1.72. The summed E-state index contributed by atoms with van der Waals surface area (Å²) in [5.74, 6) is 2.63. The number of hydrogen-bond donors (Lipinski definition) is 1. The molecule has 1 heterocycles. The van der Waals surface area contributed by atoms with Crippen molar-refractivity contribution in [2.75, 3.05) is 13.7 Å². The van der Waals surface area contributed by atoms with Gasteiger partial charge in [-0.25, -0.2) is 0 Å². The predicted molar refractivity (Wildman–Crippen MR) is 81.1 cm³/mol. The molecule has 0 radical (unpaired) electrons. The normalized spacial score (nSPS) is 17.7. The van der Waals surface area contributed by atoms with Crippen LogP contribution in [0.1, 0.15) is 44.4 Å². The standard InChI is InChI=1S/C17H23NO2/c1-12(18-11-13-6-3-4-7-13)16-10-14-8-5-9-15(19-2)17(14)20-16/h5,8-10,12-13,18H,3-4,6-7,11H2,1-2H3. The van der Waals surface area contributed by atoms with Crippen LogP contribution in [-0.4, -0.2) is 13.7 Å². The number of methoxy groups -OCH3 is 1. The quantitative estimate of drug-likeness (QED) is 0.882. The second-order valence-corrected chi connectivity index (χ2v) is 5.81. The van der Waals surface area contributed by atoms with Crippen molar-refractivity contribution in [3.63, 3.8) is 0 Å². The summed E-state index contributed by atoms with van der Waals surface area (Å²) in [5.41, 5.74) is 0.847. The zero-order chi connectivity index (χ0) is 13.9. The van der Waals surface area contributed by atoms with Gasteiger partial charge in [0.1, 0.15) is 5.76 Å². The zero-order valence-corrected chi connectivity index (χ0v) is 12.3. The monoisotopic (exact) mass is 273 g/mol. The first kappa shape index (κ1) is 13.5. The topological polar surface area (TPSA) is 34.4 Å². The highest BCUT2D eigenvalue weighted by Gasteiger charge is 2.18. The first-order valence-corrected chi connectivity index (χ1v) is 7.57. The van der Waals surface area contributed by atoms with Crippen LogP contribution in [0, 0.1) is 5.92 Å². The molecule has 1 fully saturated rings. The van der Waals surface area contributed by atoms with Crippen molar-refractivity contribution in [1.29, 1.82) is 0 Å². The van der Waals surface area contributed by atoms with Crippen LogP contribution in [0.5, 0.6) is 5.75 Å². The van der Waals surface area contributed by atoms with Gasteiger partial charge in [-0.3, -0.25) is 0 Å². The third-order valence-electron chi connectivity index (χ3n) is 4.36. The molecule has 1 aromatic carbocycles. The van der Waals surface area contributed by atoms with Gasteiger partial charge in [0.25, 0.3) is 0 Å². The average Bonchev–Trinajstić information content (AvgIpc) is 3.12. The minimum Gasteiger partial charge on any atom is -0.493 e. The number of benzene rings is 1. The molecular formula is C17H23NO2. The largest absolute Gasteiger partial charge is 0.493 e. The molecule has 108 valence electrons. The first-order valence-electron chi connectivity index (χ1n) is 7.57. The molecule has 3 nitrogen and oxygen atoms in total. The van der Waals surface area contributed by atoms with Crippen molar-refractivity contribution >= 4 is 11.0 Å². The lowest BCUT2D eigenvalue weighted by molar-refractivity contribution is 0.389. The molecular weight excluding hydrogens is 250 g/mol. The summed E-state index contributed by atoms with van der Waals surface area (Å²) in [6, 6.07) is 8.36. The van der Waals surface area contributed by atoms with Crippen molar-refractivity contribution in [3.05, 3.63) is 30.0 Å². The maximum absolute atomic E-state index is 5.98. The minimum atomic E-state index is 0.243. The van der Waals surface area contributed by atoms with Crippen LogP contribution in [0.25, 0.3) is 11.0 Å². The lowest BCUT2D eigenvalue weighted by atomic mass is 10.1. The van der Waals surface area contributed by atoms with Gasteiger partial charge in [-0.15, -0.1) is 0 Å². The number of rotatable bonds is 5. The van der Waals surface area contributed by atoms with Crippen LogP contribution in [0.15, 0.2) is 28.7 Å². The van der Waals surface area contributed by atoms with E-state index in [2.05, 4.69) is 24.4 Å². The molecule has 0 spiro atoms. The Hall–Kier alpha value is -1.48. The molecule has 3 heteroatoms. The highest BCUT2D eigenvalue weighted by molar-refractivity contribution is 5.83. The van der Waals surface area contributed by atoms with E-state index >= 15 is 0 Å². The number of furan rings is 1. The molecule has 20 heavy (non-hydrogen) atoms. The summed E-state index contributed by atoms with van der Waals surface area (Å²) < 4.78 is 11.3. The summed E-state index contributed by atoms with van der Waals surface area (Å²) in [6.07, 6.45) is 5.52. The minimum absolute atomic E-state index is 0.243. The van der Waals surface area contributed by atoms with Gasteiger partial charge in [0.2, 0.25) is 0 Å².